The van der Waals surface area contributed by atoms with Crippen LogP contribution in [-0.2, 0) is 12.8 Å². The molecule has 0 aromatic heterocycles. The zero-order valence-electron chi connectivity index (χ0n) is 11.8. The zero-order chi connectivity index (χ0) is 14.4. The van der Waals surface area contributed by atoms with Gasteiger partial charge in [-0.05, 0) is 41.7 Å². The third-order valence-corrected chi connectivity index (χ3v) is 3.48. The number of rotatable bonds is 6. The highest BCUT2D eigenvalue weighted by molar-refractivity contribution is 5.32. The highest BCUT2D eigenvalue weighted by Crippen LogP contribution is 2.21. The topological polar surface area (TPSA) is 55.5 Å². The quantitative estimate of drug-likeness (QED) is 0.848. The van der Waals surface area contributed by atoms with Gasteiger partial charge in [-0.15, -0.1) is 0 Å². The summed E-state index contributed by atoms with van der Waals surface area (Å²) in [5, 5.41) is 9.11. The molecule has 0 fully saturated rings. The normalized spacial score (nSPS) is 12.2. The Morgan fingerprint density at radius 1 is 1.05 bits per heavy atom. The second-order valence-electron chi connectivity index (χ2n) is 4.83. The maximum absolute atomic E-state index is 9.11. The van der Waals surface area contributed by atoms with Crippen LogP contribution in [0, 0.1) is 0 Å². The maximum atomic E-state index is 9.11. The highest BCUT2D eigenvalue weighted by Gasteiger charge is 2.10. The average molecular weight is 271 g/mol. The van der Waals surface area contributed by atoms with Gasteiger partial charge in [-0.3, -0.25) is 0 Å². The summed E-state index contributed by atoms with van der Waals surface area (Å²) in [5.41, 5.74) is 9.73. The molecule has 1 atom stereocenters. The number of hydrogen-bond acceptors (Lipinski definition) is 3. The van der Waals surface area contributed by atoms with Gasteiger partial charge in [0, 0.05) is 12.6 Å². The van der Waals surface area contributed by atoms with E-state index in [-0.39, 0.29) is 12.6 Å². The minimum atomic E-state index is -0.0549. The first-order chi connectivity index (χ1) is 9.74. The molecule has 20 heavy (non-hydrogen) atoms. The molecule has 2 aromatic rings. The van der Waals surface area contributed by atoms with Crippen molar-refractivity contribution in [3.8, 4) is 5.75 Å². The van der Waals surface area contributed by atoms with Crippen LogP contribution in [0.5, 0.6) is 5.75 Å². The number of benzene rings is 2. The van der Waals surface area contributed by atoms with E-state index in [9.17, 15) is 0 Å². The van der Waals surface area contributed by atoms with Crippen LogP contribution in [0.3, 0.4) is 0 Å². The van der Waals surface area contributed by atoms with Crippen LogP contribution in [0.15, 0.2) is 48.5 Å². The van der Waals surface area contributed by atoms with Crippen LogP contribution in [0.4, 0.5) is 0 Å². The number of nitrogens with two attached hydrogens (primary N) is 1. The minimum absolute atomic E-state index is 0.0549. The lowest BCUT2D eigenvalue weighted by Crippen LogP contribution is -2.14. The first kappa shape index (κ1) is 14.6. The number of aliphatic hydroxyl groups is 1. The smallest absolute Gasteiger partial charge is 0.118 e. The summed E-state index contributed by atoms with van der Waals surface area (Å²) >= 11 is 0. The lowest BCUT2D eigenvalue weighted by atomic mass is 9.95. The van der Waals surface area contributed by atoms with E-state index in [0.717, 1.165) is 17.7 Å². The van der Waals surface area contributed by atoms with Crippen LogP contribution < -0.4 is 10.5 Å². The van der Waals surface area contributed by atoms with Crippen molar-refractivity contribution in [2.75, 3.05) is 13.7 Å². The summed E-state index contributed by atoms with van der Waals surface area (Å²) in [6, 6.07) is 15.9. The summed E-state index contributed by atoms with van der Waals surface area (Å²) in [6.45, 7) is 0.161. The van der Waals surface area contributed by atoms with Gasteiger partial charge >= 0.3 is 0 Å². The Labute approximate surface area is 120 Å². The summed E-state index contributed by atoms with van der Waals surface area (Å²) in [6.07, 6.45) is 1.44. The lowest BCUT2D eigenvalue weighted by molar-refractivity contribution is 0.299. The summed E-state index contributed by atoms with van der Waals surface area (Å²) in [5.74, 6) is 0.835. The van der Waals surface area contributed by atoms with Gasteiger partial charge in [0.25, 0.3) is 0 Å². The van der Waals surface area contributed by atoms with E-state index in [4.69, 9.17) is 15.6 Å². The Morgan fingerprint density at radius 3 is 2.30 bits per heavy atom. The average Bonchev–Trinajstić information content (AvgIpc) is 2.49. The molecule has 0 heterocycles. The van der Waals surface area contributed by atoms with Crippen molar-refractivity contribution < 1.29 is 9.84 Å². The standard InChI is InChI=1S/C17H21NO2/c1-20-16-8-6-14(7-9-16)17(18)12-15-5-3-2-4-13(15)10-11-19/h2-9,17,19H,10-12,18H2,1H3/t17-/m1/s1. The molecule has 106 valence electrons. The highest BCUT2D eigenvalue weighted by atomic mass is 16.5. The molecule has 0 aliphatic rings. The summed E-state index contributed by atoms with van der Waals surface area (Å²) in [7, 11) is 1.65. The van der Waals surface area contributed by atoms with Gasteiger partial charge in [0.2, 0.25) is 0 Å². The van der Waals surface area contributed by atoms with E-state index in [1.165, 1.54) is 11.1 Å². The van der Waals surface area contributed by atoms with Crippen molar-refractivity contribution in [3.05, 3.63) is 65.2 Å². The first-order valence-corrected chi connectivity index (χ1v) is 6.81. The van der Waals surface area contributed by atoms with E-state index < -0.39 is 0 Å². The van der Waals surface area contributed by atoms with Gasteiger partial charge in [0.1, 0.15) is 5.75 Å². The van der Waals surface area contributed by atoms with E-state index in [1.54, 1.807) is 7.11 Å². The molecule has 0 aliphatic carbocycles. The molecule has 0 spiro atoms. The zero-order valence-corrected chi connectivity index (χ0v) is 11.8. The largest absolute Gasteiger partial charge is 0.497 e. The van der Waals surface area contributed by atoms with Crippen LogP contribution in [0.1, 0.15) is 22.7 Å². The Morgan fingerprint density at radius 2 is 1.70 bits per heavy atom. The molecule has 0 saturated carbocycles. The van der Waals surface area contributed by atoms with Crippen LogP contribution in [0.2, 0.25) is 0 Å². The molecule has 2 rings (SSSR count). The molecule has 3 heteroatoms. The van der Waals surface area contributed by atoms with Crippen molar-refractivity contribution in [3.63, 3.8) is 0 Å². The SMILES string of the molecule is COc1ccc([C@H](N)Cc2ccccc2CCO)cc1. The molecule has 0 saturated heterocycles. The lowest BCUT2D eigenvalue weighted by Gasteiger charge is -2.15. The van der Waals surface area contributed by atoms with E-state index in [2.05, 4.69) is 6.07 Å². The van der Waals surface area contributed by atoms with Gasteiger partial charge in [-0.2, -0.15) is 0 Å². The molecular formula is C17H21NO2. The van der Waals surface area contributed by atoms with Crippen molar-refractivity contribution in [2.24, 2.45) is 5.73 Å². The second-order valence-corrected chi connectivity index (χ2v) is 4.83. The van der Waals surface area contributed by atoms with E-state index in [1.807, 2.05) is 42.5 Å². The van der Waals surface area contributed by atoms with E-state index >= 15 is 0 Å². The summed E-state index contributed by atoms with van der Waals surface area (Å²) < 4.78 is 5.15. The molecule has 0 amide bonds. The van der Waals surface area contributed by atoms with Crippen molar-refractivity contribution in [2.45, 2.75) is 18.9 Å². The van der Waals surface area contributed by atoms with Crippen LogP contribution >= 0.6 is 0 Å². The number of hydrogen-bond donors (Lipinski definition) is 2. The molecule has 0 unspecified atom stereocenters. The summed E-state index contributed by atoms with van der Waals surface area (Å²) in [4.78, 5) is 0. The third kappa shape index (κ3) is 3.59. The fraction of sp³-hybridized carbons (Fsp3) is 0.294. The van der Waals surface area contributed by atoms with Gasteiger partial charge in [0.15, 0.2) is 0 Å². The Hall–Kier alpha value is -1.84. The number of methoxy groups -OCH3 is 1. The fourth-order valence-electron chi connectivity index (χ4n) is 2.33. The van der Waals surface area contributed by atoms with Gasteiger partial charge < -0.3 is 15.6 Å². The monoisotopic (exact) mass is 271 g/mol. The predicted molar refractivity (Wildman–Crippen MR) is 80.9 cm³/mol. The molecular weight excluding hydrogens is 250 g/mol. The molecule has 0 radical (unpaired) electrons. The Kier molecular flexibility index (Phi) is 5.16. The Bertz CT molecular complexity index is 537. The maximum Gasteiger partial charge on any atom is 0.118 e. The van der Waals surface area contributed by atoms with Gasteiger partial charge in [0.05, 0.1) is 7.11 Å². The number of aliphatic hydroxyl groups excluding tert-OH is 1. The van der Waals surface area contributed by atoms with Crippen molar-refractivity contribution in [1.29, 1.82) is 0 Å². The molecule has 3 nitrogen and oxygen atoms in total. The molecule has 0 bridgehead atoms. The Balaban J connectivity index is 2.12. The van der Waals surface area contributed by atoms with Crippen LogP contribution in [-0.4, -0.2) is 18.8 Å². The van der Waals surface area contributed by atoms with Gasteiger partial charge in [-0.1, -0.05) is 36.4 Å². The first-order valence-electron chi connectivity index (χ1n) is 6.81. The third-order valence-electron chi connectivity index (χ3n) is 3.48. The molecule has 0 aliphatic heterocycles. The van der Waals surface area contributed by atoms with Gasteiger partial charge in [-0.25, -0.2) is 0 Å². The molecule has 2 aromatic carbocycles. The fourth-order valence-corrected chi connectivity index (χ4v) is 2.33. The number of ether oxygens (including phenoxy) is 1. The van der Waals surface area contributed by atoms with E-state index in [0.29, 0.717) is 6.42 Å². The minimum Gasteiger partial charge on any atom is -0.497 e. The van der Waals surface area contributed by atoms with Crippen LogP contribution in [0.25, 0.3) is 0 Å². The molecule has 3 N–H and O–H groups in total. The predicted octanol–water partition coefficient (Wildman–Crippen LogP) is 2.47. The second kappa shape index (κ2) is 7.08. The van der Waals surface area contributed by atoms with Crippen molar-refractivity contribution >= 4 is 0 Å². The van der Waals surface area contributed by atoms with Crippen molar-refractivity contribution in [1.82, 2.24) is 0 Å².